The van der Waals surface area contributed by atoms with Crippen LogP contribution >= 0.6 is 22.9 Å². The van der Waals surface area contributed by atoms with Gasteiger partial charge in [0.15, 0.2) is 0 Å². The number of hydrogen-bond donors (Lipinski definition) is 1. The molecule has 14 heavy (non-hydrogen) atoms. The summed E-state index contributed by atoms with van der Waals surface area (Å²) in [6.07, 6.45) is 0. The lowest BCUT2D eigenvalue weighted by Crippen LogP contribution is -2.40. The van der Waals surface area contributed by atoms with Crippen LogP contribution in [0, 0.1) is 6.92 Å². The van der Waals surface area contributed by atoms with E-state index in [1.54, 1.807) is 0 Å². The second kappa shape index (κ2) is 3.91. The fraction of sp³-hybridized carbons (Fsp3) is 0.500. The highest BCUT2D eigenvalue weighted by molar-refractivity contribution is 7.13. The van der Waals surface area contributed by atoms with E-state index >= 15 is 0 Å². The Morgan fingerprint density at radius 3 is 2.43 bits per heavy atom. The van der Waals surface area contributed by atoms with Gasteiger partial charge in [-0.05, 0) is 38.6 Å². The van der Waals surface area contributed by atoms with Crippen LogP contribution in [0.2, 0.25) is 5.02 Å². The Balaban J connectivity index is 2.86. The van der Waals surface area contributed by atoms with Gasteiger partial charge in [-0.2, -0.15) is 0 Å². The fourth-order valence-corrected chi connectivity index (χ4v) is 2.15. The topological polar surface area (TPSA) is 29.1 Å². The van der Waals surface area contributed by atoms with Crippen molar-refractivity contribution in [3.63, 3.8) is 0 Å². The van der Waals surface area contributed by atoms with Gasteiger partial charge >= 0.3 is 0 Å². The summed E-state index contributed by atoms with van der Waals surface area (Å²) < 4.78 is 0. The van der Waals surface area contributed by atoms with Crippen LogP contribution in [0.4, 0.5) is 0 Å². The van der Waals surface area contributed by atoms with Crippen LogP contribution < -0.4 is 5.32 Å². The molecule has 4 heteroatoms. The zero-order valence-electron chi connectivity index (χ0n) is 8.77. The van der Waals surface area contributed by atoms with Gasteiger partial charge in [-0.25, -0.2) is 0 Å². The number of halogens is 1. The van der Waals surface area contributed by atoms with E-state index in [1.165, 1.54) is 11.3 Å². The van der Waals surface area contributed by atoms with Crippen molar-refractivity contribution in [1.82, 2.24) is 5.32 Å². The Bertz CT molecular complexity index is 351. The Morgan fingerprint density at radius 2 is 2.07 bits per heavy atom. The largest absolute Gasteiger partial charge is 0.347 e. The van der Waals surface area contributed by atoms with E-state index in [-0.39, 0.29) is 11.4 Å². The lowest BCUT2D eigenvalue weighted by Gasteiger charge is -2.19. The average molecular weight is 232 g/mol. The third kappa shape index (κ3) is 2.72. The minimum absolute atomic E-state index is 0.0967. The lowest BCUT2D eigenvalue weighted by atomic mass is 10.1. The van der Waals surface area contributed by atoms with Crippen molar-refractivity contribution in [2.45, 2.75) is 33.2 Å². The first-order valence-electron chi connectivity index (χ1n) is 4.37. The summed E-state index contributed by atoms with van der Waals surface area (Å²) in [5.41, 5.74) is 0.730. The number of thiophene rings is 1. The minimum atomic E-state index is -0.224. The van der Waals surface area contributed by atoms with Crippen molar-refractivity contribution in [2.75, 3.05) is 0 Å². The van der Waals surface area contributed by atoms with Crippen molar-refractivity contribution >= 4 is 28.8 Å². The maximum Gasteiger partial charge on any atom is 0.263 e. The number of nitrogens with one attached hydrogen (secondary N) is 1. The van der Waals surface area contributed by atoms with E-state index in [9.17, 15) is 4.79 Å². The monoisotopic (exact) mass is 231 g/mol. The zero-order valence-corrected chi connectivity index (χ0v) is 10.3. The summed E-state index contributed by atoms with van der Waals surface area (Å²) in [4.78, 5) is 12.3. The van der Waals surface area contributed by atoms with E-state index in [2.05, 4.69) is 5.32 Å². The molecule has 0 atom stereocenters. The molecule has 1 aromatic heterocycles. The van der Waals surface area contributed by atoms with Crippen molar-refractivity contribution in [1.29, 1.82) is 0 Å². The molecule has 0 aliphatic carbocycles. The summed E-state index contributed by atoms with van der Waals surface area (Å²) in [5.74, 6) is -0.0967. The van der Waals surface area contributed by atoms with Crippen molar-refractivity contribution in [3.05, 3.63) is 20.8 Å². The fourth-order valence-electron chi connectivity index (χ4n) is 0.980. The molecule has 2 nitrogen and oxygen atoms in total. The van der Waals surface area contributed by atoms with Gasteiger partial charge in [0.25, 0.3) is 5.91 Å². The standard InChI is InChI=1S/C10H14ClNOS/c1-6-5-14-8(7(6)11)9(13)12-10(2,3)4/h5H,1-4H3,(H,12,13). The smallest absolute Gasteiger partial charge is 0.263 e. The van der Waals surface area contributed by atoms with Gasteiger partial charge in [0, 0.05) is 5.54 Å². The molecule has 0 saturated heterocycles. The maximum absolute atomic E-state index is 11.7. The van der Waals surface area contributed by atoms with E-state index in [1.807, 2.05) is 33.1 Å². The van der Waals surface area contributed by atoms with Crippen LogP contribution in [0.1, 0.15) is 36.0 Å². The number of rotatable bonds is 1. The Kier molecular flexibility index (Phi) is 3.22. The molecule has 1 aromatic rings. The summed E-state index contributed by atoms with van der Waals surface area (Å²) in [6.45, 7) is 7.73. The molecule has 0 unspecified atom stereocenters. The molecule has 0 radical (unpaired) electrons. The predicted octanol–water partition coefficient (Wildman–Crippen LogP) is 3.24. The molecule has 1 heterocycles. The number of carbonyl (C=O) groups is 1. The van der Waals surface area contributed by atoms with E-state index in [0.717, 1.165) is 5.56 Å². The highest BCUT2D eigenvalue weighted by atomic mass is 35.5. The third-order valence-electron chi connectivity index (χ3n) is 1.59. The molecular formula is C10H14ClNOS. The lowest BCUT2D eigenvalue weighted by molar-refractivity contribution is 0.0924. The minimum Gasteiger partial charge on any atom is -0.347 e. The Hall–Kier alpha value is -0.540. The third-order valence-corrected chi connectivity index (χ3v) is 3.29. The summed E-state index contributed by atoms with van der Waals surface area (Å²) in [5, 5.41) is 5.33. The van der Waals surface area contributed by atoms with Gasteiger partial charge in [0.2, 0.25) is 0 Å². The first-order valence-corrected chi connectivity index (χ1v) is 5.63. The Morgan fingerprint density at radius 1 is 1.50 bits per heavy atom. The quantitative estimate of drug-likeness (QED) is 0.790. The average Bonchev–Trinajstić information content (AvgIpc) is 2.29. The molecule has 1 rings (SSSR count). The molecule has 0 aliphatic heterocycles. The summed E-state index contributed by atoms with van der Waals surface area (Å²) in [7, 11) is 0. The van der Waals surface area contributed by atoms with Crippen LogP contribution in [-0.4, -0.2) is 11.4 Å². The van der Waals surface area contributed by atoms with Crippen molar-refractivity contribution in [3.8, 4) is 0 Å². The molecule has 0 aliphatic rings. The molecule has 1 N–H and O–H groups in total. The summed E-state index contributed by atoms with van der Waals surface area (Å²) in [6, 6.07) is 0. The van der Waals surface area contributed by atoms with Gasteiger partial charge in [0.05, 0.1) is 5.02 Å². The second-order valence-corrected chi connectivity index (χ2v) is 5.52. The SMILES string of the molecule is Cc1csc(C(=O)NC(C)(C)C)c1Cl. The van der Waals surface area contributed by atoms with Crippen LogP contribution in [0.15, 0.2) is 5.38 Å². The van der Waals surface area contributed by atoms with Gasteiger partial charge < -0.3 is 5.32 Å². The van der Waals surface area contributed by atoms with Gasteiger partial charge in [-0.15, -0.1) is 11.3 Å². The molecule has 0 spiro atoms. The predicted molar refractivity (Wildman–Crippen MR) is 61.3 cm³/mol. The molecule has 1 amide bonds. The van der Waals surface area contributed by atoms with Crippen LogP contribution in [0.3, 0.4) is 0 Å². The normalized spacial score (nSPS) is 11.5. The van der Waals surface area contributed by atoms with Crippen LogP contribution in [-0.2, 0) is 0 Å². The van der Waals surface area contributed by atoms with Gasteiger partial charge in [0.1, 0.15) is 4.88 Å². The second-order valence-electron chi connectivity index (χ2n) is 4.27. The Labute approximate surface area is 93.3 Å². The maximum atomic E-state index is 11.7. The number of carbonyl (C=O) groups excluding carboxylic acids is 1. The molecule has 0 bridgehead atoms. The molecule has 78 valence electrons. The first-order chi connectivity index (χ1) is 6.31. The van der Waals surface area contributed by atoms with Crippen LogP contribution in [0.25, 0.3) is 0 Å². The summed E-state index contributed by atoms with van der Waals surface area (Å²) >= 11 is 7.36. The van der Waals surface area contributed by atoms with E-state index < -0.39 is 0 Å². The molecule has 0 fully saturated rings. The zero-order chi connectivity index (χ0) is 10.9. The molecule has 0 saturated carbocycles. The van der Waals surface area contributed by atoms with Crippen molar-refractivity contribution in [2.24, 2.45) is 0 Å². The number of hydrogen-bond acceptors (Lipinski definition) is 2. The van der Waals surface area contributed by atoms with Gasteiger partial charge in [-0.3, -0.25) is 4.79 Å². The highest BCUT2D eigenvalue weighted by Crippen LogP contribution is 2.27. The van der Waals surface area contributed by atoms with Crippen molar-refractivity contribution < 1.29 is 4.79 Å². The number of aryl methyl sites for hydroxylation is 1. The van der Waals surface area contributed by atoms with Gasteiger partial charge in [-0.1, -0.05) is 11.6 Å². The van der Waals surface area contributed by atoms with Crippen LogP contribution in [0.5, 0.6) is 0 Å². The van der Waals surface area contributed by atoms with E-state index in [4.69, 9.17) is 11.6 Å². The van der Waals surface area contributed by atoms with E-state index in [0.29, 0.717) is 9.90 Å². The molecular weight excluding hydrogens is 218 g/mol. The highest BCUT2D eigenvalue weighted by Gasteiger charge is 2.19. The molecule has 0 aromatic carbocycles. The first kappa shape index (κ1) is 11.5. The number of amides is 1.